The molecule has 0 rings (SSSR count). The van der Waals surface area contributed by atoms with E-state index in [4.69, 9.17) is 16.2 Å². The second-order valence-electron chi connectivity index (χ2n) is 27.6. The smallest absolute Gasteiger partial charge is 0.222 e. The lowest BCUT2D eigenvalue weighted by atomic mass is 9.93. The fourth-order valence-electron chi connectivity index (χ4n) is 6.97. The molecule has 90 heavy (non-hydrogen) atoms. The number of hydrogen-bond acceptors (Lipinski definition) is 19. The molecule has 0 radical (unpaired) electrons. The summed E-state index contributed by atoms with van der Waals surface area (Å²) in [5, 5.41) is 35.2. The molecule has 4 atom stereocenters. The number of ether oxygens (including phenoxy) is 1. The summed E-state index contributed by atoms with van der Waals surface area (Å²) >= 11 is 1.43. The molecule has 0 spiro atoms. The number of aliphatic hydroxyl groups excluding tert-OH is 1. The number of ketones is 5. The molecule has 0 saturated carbocycles. The molecule has 0 heterocycles. The van der Waals surface area contributed by atoms with Gasteiger partial charge in [0.2, 0.25) is 5.91 Å². The lowest BCUT2D eigenvalue weighted by molar-refractivity contribution is -0.130. The van der Waals surface area contributed by atoms with Gasteiger partial charge in [0.15, 0.2) is 16.7 Å². The van der Waals surface area contributed by atoms with Crippen LogP contribution in [0.25, 0.3) is 0 Å². The number of thioether (sulfide) groups is 1. The molecular formula is C70H150N10O9S. The monoisotopic (exact) mass is 1310 g/mol. The summed E-state index contributed by atoms with van der Waals surface area (Å²) in [6.07, 6.45) is 3.48. The third kappa shape index (κ3) is 77.8. The third-order valence-electron chi connectivity index (χ3n) is 12.8. The maximum absolute atomic E-state index is 11.8. The van der Waals surface area contributed by atoms with Crippen LogP contribution >= 0.6 is 11.8 Å². The first-order valence-electron chi connectivity index (χ1n) is 34.4. The van der Waals surface area contributed by atoms with Crippen molar-refractivity contribution >= 4 is 51.7 Å². The molecule has 0 aromatic carbocycles. The molecule has 0 aromatic heterocycles. The van der Waals surface area contributed by atoms with Crippen molar-refractivity contribution in [2.24, 2.45) is 58.8 Å². The van der Waals surface area contributed by atoms with E-state index in [2.05, 4.69) is 126 Å². The molecule has 4 unspecified atom stereocenters. The van der Waals surface area contributed by atoms with Crippen molar-refractivity contribution in [2.75, 3.05) is 71.8 Å². The Morgan fingerprint density at radius 3 is 1.18 bits per heavy atom. The Hall–Kier alpha value is -2.60. The number of rotatable bonds is 42. The van der Waals surface area contributed by atoms with Crippen LogP contribution in [-0.2, 0) is 38.3 Å². The van der Waals surface area contributed by atoms with Gasteiger partial charge in [-0.05, 0) is 51.9 Å². The summed E-state index contributed by atoms with van der Waals surface area (Å²) in [6.45, 7) is 62.9. The average molecular weight is 1310 g/mol. The number of Topliss-reactive ketones (excluding diaryl/α,β-unsaturated/α-hetero) is 5. The molecule has 0 aliphatic heterocycles. The highest BCUT2D eigenvalue weighted by atomic mass is 32.2. The predicted octanol–water partition coefficient (Wildman–Crippen LogP) is 9.32. The Morgan fingerprint density at radius 1 is 0.411 bits per heavy atom. The van der Waals surface area contributed by atoms with E-state index >= 15 is 0 Å². The van der Waals surface area contributed by atoms with Gasteiger partial charge in [0.05, 0.1) is 12.6 Å². The molecule has 1 amide bonds. The molecule has 13 N–H and O–H groups in total. The highest BCUT2D eigenvalue weighted by Crippen LogP contribution is 2.12. The number of hydrogen-bond donors (Lipinski definition) is 11. The number of nitrogens with two attached hydrogens (primary N) is 2. The standard InChI is InChI=1S/C12H25NO2.2C10H22N2O.C10H21NO2.C10H21NO.C9H20N2O.C9H19NOS/c1-9(2)12(14)11(8-15-5)6-7-13-10(3)4;1-7(2)10(13)5-9(11)6-12-8(3)4;1-7(2)10(13)9(11)5-6-12-8(3)4;1-7(2)10(13)9(12)5-6-11-8(3)4;1-8(2)10(12)6-5-7-11-9(3)4;1-7(2)9(12)11-6-5-10-8(3)4;1-7(2)9(11)12-6-5-10-8(3)4/h9-11,13H,6-8H2,1-5H3;2*7-9,12H,5-6,11H2,1-4H3;7-9,11-12H,5-6H2,1-4H3;8-9,11H,5-7H2,1-4H3;7-8,10H,5-6H2,1-4H3,(H,11,12);7-8,10H,5-6H2,1-4H3. The fraction of sp³-hybridized carbons (Fsp3) is 0.900. The number of methoxy groups -OCH3 is 1. The van der Waals surface area contributed by atoms with Crippen LogP contribution in [0.4, 0.5) is 0 Å². The van der Waals surface area contributed by atoms with Crippen molar-refractivity contribution in [2.45, 2.75) is 293 Å². The highest BCUT2D eigenvalue weighted by Gasteiger charge is 2.21. The van der Waals surface area contributed by atoms with Gasteiger partial charge in [-0.25, -0.2) is 0 Å². The topological polar surface area (TPSA) is 297 Å². The zero-order valence-electron chi connectivity index (χ0n) is 63.5. The number of amides is 1. The second kappa shape index (κ2) is 65.1. The van der Waals surface area contributed by atoms with E-state index in [1.54, 1.807) is 21.0 Å². The van der Waals surface area contributed by atoms with Gasteiger partial charge in [0, 0.05) is 148 Å². The van der Waals surface area contributed by atoms with Crippen molar-refractivity contribution in [3.8, 4) is 0 Å². The van der Waals surface area contributed by atoms with Gasteiger partial charge in [-0.2, -0.15) is 0 Å². The first kappa shape index (κ1) is 101. The molecule has 0 saturated heterocycles. The van der Waals surface area contributed by atoms with Crippen molar-refractivity contribution in [1.29, 1.82) is 0 Å². The van der Waals surface area contributed by atoms with Gasteiger partial charge in [-0.15, -0.1) is 0 Å². The summed E-state index contributed by atoms with van der Waals surface area (Å²) < 4.78 is 5.08. The Balaban J connectivity index is -0.000000179. The molecule has 540 valence electrons. The van der Waals surface area contributed by atoms with E-state index in [1.807, 2.05) is 96.9 Å². The Kier molecular flexibility index (Phi) is 73.0. The van der Waals surface area contributed by atoms with E-state index in [0.29, 0.717) is 85.0 Å². The Morgan fingerprint density at radius 2 is 0.800 bits per heavy atom. The maximum Gasteiger partial charge on any atom is 0.222 e. The molecule has 0 aromatic rings. The molecule has 0 bridgehead atoms. The SMILES string of the molecule is CC(C)NCC(N)CC(=O)C(C)C.CC(C)NCCC(N)C(=O)C(C)C.CC(C)NCCC(O)C(=O)C(C)C.CC(C)NCCCC(=O)C(C)C.CC(C)NCCNC(=O)C(C)C.CC(C)NCCSC(=O)C(C)C.COCC(CCNC(C)C)C(=O)C(C)C. The van der Waals surface area contributed by atoms with Crippen LogP contribution in [0.3, 0.4) is 0 Å². The van der Waals surface area contributed by atoms with Gasteiger partial charge in [-0.3, -0.25) is 33.6 Å². The summed E-state index contributed by atoms with van der Waals surface area (Å²) in [4.78, 5) is 79.0. The summed E-state index contributed by atoms with van der Waals surface area (Å²) in [7, 11) is 1.65. The summed E-state index contributed by atoms with van der Waals surface area (Å²) in [5.41, 5.74) is 11.5. The van der Waals surface area contributed by atoms with E-state index in [9.17, 15) is 38.7 Å². The second-order valence-corrected chi connectivity index (χ2v) is 28.7. The van der Waals surface area contributed by atoms with Crippen molar-refractivity contribution in [1.82, 2.24) is 42.5 Å². The van der Waals surface area contributed by atoms with Gasteiger partial charge in [0.25, 0.3) is 0 Å². The number of aliphatic hydroxyl groups is 1. The predicted molar refractivity (Wildman–Crippen MR) is 386 cm³/mol. The van der Waals surface area contributed by atoms with E-state index in [-0.39, 0.29) is 82.7 Å². The minimum Gasteiger partial charge on any atom is -0.385 e. The largest absolute Gasteiger partial charge is 0.385 e. The van der Waals surface area contributed by atoms with Gasteiger partial charge in [-0.1, -0.05) is 206 Å². The quantitative estimate of drug-likeness (QED) is 0.0254. The van der Waals surface area contributed by atoms with Gasteiger partial charge >= 0.3 is 0 Å². The molecular weight excluding hydrogens is 1160 g/mol. The van der Waals surface area contributed by atoms with Crippen LogP contribution in [0.2, 0.25) is 0 Å². The zero-order chi connectivity index (χ0) is 71.8. The molecule has 0 fully saturated rings. The lowest BCUT2D eigenvalue weighted by Gasteiger charge is -2.18. The van der Waals surface area contributed by atoms with Crippen LogP contribution in [-0.4, -0.2) is 177 Å². The highest BCUT2D eigenvalue weighted by molar-refractivity contribution is 8.13. The van der Waals surface area contributed by atoms with Crippen molar-refractivity contribution < 1.29 is 43.4 Å². The third-order valence-corrected chi connectivity index (χ3v) is 13.9. The normalized spacial score (nSPS) is 12.6. The molecule has 0 aliphatic carbocycles. The Labute approximate surface area is 558 Å². The molecule has 20 heteroatoms. The van der Waals surface area contributed by atoms with Crippen LogP contribution in [0, 0.1) is 47.3 Å². The minimum absolute atomic E-state index is 0.0428. The van der Waals surface area contributed by atoms with Crippen molar-refractivity contribution in [3.63, 3.8) is 0 Å². The number of carbonyl (C=O) groups excluding carboxylic acids is 7. The zero-order valence-corrected chi connectivity index (χ0v) is 64.3. The van der Waals surface area contributed by atoms with Crippen LogP contribution in [0.15, 0.2) is 0 Å². The summed E-state index contributed by atoms with van der Waals surface area (Å²) in [6, 6.07) is 2.95. The van der Waals surface area contributed by atoms with E-state index in [0.717, 1.165) is 77.2 Å². The van der Waals surface area contributed by atoms with Crippen LogP contribution in [0.1, 0.15) is 232 Å². The number of carbonyl (C=O) groups is 7. The first-order valence-corrected chi connectivity index (χ1v) is 35.3. The van der Waals surface area contributed by atoms with E-state index < -0.39 is 6.10 Å². The minimum atomic E-state index is -0.800. The average Bonchev–Trinajstić information content (AvgIpc) is 3.66. The molecule has 0 aliphatic rings. The van der Waals surface area contributed by atoms with Gasteiger partial charge in [0.1, 0.15) is 23.5 Å². The van der Waals surface area contributed by atoms with Crippen molar-refractivity contribution in [3.05, 3.63) is 0 Å². The maximum atomic E-state index is 11.8. The van der Waals surface area contributed by atoms with Crippen LogP contribution < -0.4 is 54.0 Å². The lowest BCUT2D eigenvalue weighted by Crippen LogP contribution is -2.39. The Bertz CT molecular complexity index is 1620. The first-order chi connectivity index (χ1) is 41.4. The summed E-state index contributed by atoms with van der Waals surface area (Å²) in [5.74, 6) is 2.70. The fourth-order valence-corrected chi connectivity index (χ4v) is 7.73. The van der Waals surface area contributed by atoms with E-state index in [1.165, 1.54) is 11.8 Å². The van der Waals surface area contributed by atoms with Crippen LogP contribution in [0.5, 0.6) is 0 Å². The van der Waals surface area contributed by atoms with Gasteiger partial charge < -0.3 is 63.8 Å². The number of nitrogens with one attached hydrogen (secondary N) is 8. The molecule has 19 nitrogen and oxygen atoms in total.